The lowest BCUT2D eigenvalue weighted by Gasteiger charge is -2.33. The molecule has 0 amide bonds. The molecule has 0 radical (unpaired) electrons. The van der Waals surface area contributed by atoms with Crippen molar-refractivity contribution >= 4 is 5.97 Å². The quantitative estimate of drug-likeness (QED) is 0.512. The molecule has 0 aromatic carbocycles. The molecule has 7 atom stereocenters. The molecule has 1 aliphatic heterocycles. The molecule has 0 aromatic rings. The first kappa shape index (κ1) is 13.1. The largest absolute Gasteiger partial charge is 0.461 e. The van der Waals surface area contributed by atoms with Crippen molar-refractivity contribution in [1.82, 2.24) is 0 Å². The Bertz CT molecular complexity index is 428. The van der Waals surface area contributed by atoms with Crippen molar-refractivity contribution in [2.75, 3.05) is 0 Å². The Morgan fingerprint density at radius 3 is 2.84 bits per heavy atom. The summed E-state index contributed by atoms with van der Waals surface area (Å²) in [6.45, 7) is 7.70. The Balaban J connectivity index is 2.04. The summed E-state index contributed by atoms with van der Waals surface area (Å²) >= 11 is 0. The molecule has 3 aliphatic rings. The number of hydrogen-bond donors (Lipinski definition) is 2. The van der Waals surface area contributed by atoms with E-state index in [-0.39, 0.29) is 35.7 Å². The Morgan fingerprint density at radius 1 is 1.47 bits per heavy atom. The first-order valence-electron chi connectivity index (χ1n) is 7.11. The minimum Gasteiger partial charge on any atom is -0.461 e. The van der Waals surface area contributed by atoms with Gasteiger partial charge >= 0.3 is 5.97 Å². The van der Waals surface area contributed by atoms with Gasteiger partial charge < -0.3 is 14.9 Å². The third-order valence-corrected chi connectivity index (χ3v) is 5.48. The van der Waals surface area contributed by atoms with E-state index >= 15 is 0 Å². The number of carbonyl (C=O) groups is 1. The van der Waals surface area contributed by atoms with Crippen molar-refractivity contribution in [2.24, 2.45) is 23.7 Å². The molecule has 4 heteroatoms. The summed E-state index contributed by atoms with van der Waals surface area (Å²) < 4.78 is 5.53. The molecule has 1 heterocycles. The van der Waals surface area contributed by atoms with Crippen LogP contribution in [0, 0.1) is 23.7 Å². The number of rotatable bonds is 0. The van der Waals surface area contributed by atoms with Gasteiger partial charge in [-0.25, -0.2) is 0 Å². The van der Waals surface area contributed by atoms with Crippen LogP contribution < -0.4 is 0 Å². The lowest BCUT2D eigenvalue weighted by molar-refractivity contribution is -0.146. The predicted octanol–water partition coefficient (Wildman–Crippen LogP) is 1.26. The molecular weight excluding hydrogens is 244 g/mol. The van der Waals surface area contributed by atoms with E-state index in [1.54, 1.807) is 6.92 Å². The minimum atomic E-state index is -0.917. The number of aliphatic hydroxyl groups excluding tert-OH is 1. The van der Waals surface area contributed by atoms with Crippen LogP contribution in [-0.2, 0) is 9.53 Å². The summed E-state index contributed by atoms with van der Waals surface area (Å²) in [6, 6.07) is 0. The van der Waals surface area contributed by atoms with Crippen molar-refractivity contribution in [3.05, 3.63) is 12.2 Å². The summed E-state index contributed by atoms with van der Waals surface area (Å²) in [6.07, 6.45) is 1.03. The molecule has 2 saturated carbocycles. The van der Waals surface area contributed by atoms with Gasteiger partial charge in [-0.2, -0.15) is 0 Å². The van der Waals surface area contributed by atoms with E-state index in [1.165, 1.54) is 0 Å². The number of hydrogen-bond acceptors (Lipinski definition) is 4. The summed E-state index contributed by atoms with van der Waals surface area (Å²) in [5.74, 6) is -0.727. The zero-order valence-electron chi connectivity index (χ0n) is 11.5. The maximum absolute atomic E-state index is 11.8. The van der Waals surface area contributed by atoms with Crippen molar-refractivity contribution in [2.45, 2.75) is 50.9 Å². The van der Waals surface area contributed by atoms with E-state index in [0.717, 1.165) is 18.4 Å². The van der Waals surface area contributed by atoms with Gasteiger partial charge in [-0.1, -0.05) is 19.1 Å². The standard InChI is InChI=1S/C15H22O4/c1-7-4-5-9-11(7)13-12(8(2)14(17)19-13)10(16)6-15(9,3)18/h8-13,16,18H,1,4-6H2,2-3H3. The van der Waals surface area contributed by atoms with Gasteiger partial charge in [-0.3, -0.25) is 4.79 Å². The molecule has 2 aliphatic carbocycles. The molecule has 3 rings (SSSR count). The number of aliphatic hydroxyl groups is 2. The fourth-order valence-corrected chi connectivity index (χ4v) is 4.47. The van der Waals surface area contributed by atoms with E-state index in [4.69, 9.17) is 4.74 Å². The Kier molecular flexibility index (Phi) is 2.81. The van der Waals surface area contributed by atoms with Crippen LogP contribution in [0.15, 0.2) is 12.2 Å². The molecule has 7 unspecified atom stereocenters. The Labute approximate surface area is 113 Å². The van der Waals surface area contributed by atoms with Crippen LogP contribution in [0.4, 0.5) is 0 Å². The van der Waals surface area contributed by atoms with Crippen molar-refractivity contribution in [3.63, 3.8) is 0 Å². The molecule has 0 spiro atoms. The first-order chi connectivity index (χ1) is 8.83. The third kappa shape index (κ3) is 1.77. The topological polar surface area (TPSA) is 66.8 Å². The predicted molar refractivity (Wildman–Crippen MR) is 69.1 cm³/mol. The third-order valence-electron chi connectivity index (χ3n) is 5.48. The normalized spacial score (nSPS) is 53.5. The summed E-state index contributed by atoms with van der Waals surface area (Å²) in [4.78, 5) is 11.8. The fourth-order valence-electron chi connectivity index (χ4n) is 4.47. The van der Waals surface area contributed by atoms with E-state index in [1.807, 2.05) is 6.92 Å². The zero-order valence-corrected chi connectivity index (χ0v) is 11.5. The van der Waals surface area contributed by atoms with Crippen molar-refractivity contribution in [1.29, 1.82) is 0 Å². The second-order valence-electron chi connectivity index (χ2n) is 6.73. The monoisotopic (exact) mass is 266 g/mol. The number of carbonyl (C=O) groups excluding carboxylic acids is 1. The van der Waals surface area contributed by atoms with Crippen LogP contribution in [-0.4, -0.2) is 34.0 Å². The van der Waals surface area contributed by atoms with Gasteiger partial charge in [0.1, 0.15) is 6.10 Å². The summed E-state index contributed by atoms with van der Waals surface area (Å²) in [5, 5.41) is 21.1. The minimum absolute atomic E-state index is 0.00829. The fraction of sp³-hybridized carbons (Fsp3) is 0.800. The number of ether oxygens (including phenoxy) is 1. The highest BCUT2D eigenvalue weighted by atomic mass is 16.6. The van der Waals surface area contributed by atoms with Gasteiger partial charge in [0, 0.05) is 18.3 Å². The molecule has 19 heavy (non-hydrogen) atoms. The Morgan fingerprint density at radius 2 is 2.16 bits per heavy atom. The highest BCUT2D eigenvalue weighted by molar-refractivity contribution is 5.75. The van der Waals surface area contributed by atoms with Gasteiger partial charge in [0.2, 0.25) is 0 Å². The van der Waals surface area contributed by atoms with Gasteiger partial charge in [-0.05, 0) is 25.7 Å². The molecule has 4 nitrogen and oxygen atoms in total. The molecular formula is C15H22O4. The lowest BCUT2D eigenvalue weighted by atomic mass is 9.77. The first-order valence-corrected chi connectivity index (χ1v) is 7.11. The van der Waals surface area contributed by atoms with Crippen LogP contribution in [0.5, 0.6) is 0 Å². The van der Waals surface area contributed by atoms with Crippen LogP contribution in [0.2, 0.25) is 0 Å². The van der Waals surface area contributed by atoms with Gasteiger partial charge in [0.25, 0.3) is 0 Å². The second-order valence-corrected chi connectivity index (χ2v) is 6.73. The van der Waals surface area contributed by atoms with E-state index < -0.39 is 11.7 Å². The molecule has 1 saturated heterocycles. The van der Waals surface area contributed by atoms with E-state index in [9.17, 15) is 15.0 Å². The maximum atomic E-state index is 11.8. The average Bonchev–Trinajstić information content (AvgIpc) is 2.78. The number of fused-ring (bicyclic) bond motifs is 3. The average molecular weight is 266 g/mol. The SMILES string of the molecule is C=C1CCC2C1C1OC(=O)C(C)C1C(O)CC2(C)O. The van der Waals surface area contributed by atoms with Gasteiger partial charge in [0.05, 0.1) is 17.6 Å². The molecule has 2 N–H and O–H groups in total. The van der Waals surface area contributed by atoms with E-state index in [0.29, 0.717) is 6.42 Å². The molecule has 0 aromatic heterocycles. The van der Waals surface area contributed by atoms with Gasteiger partial charge in [0.15, 0.2) is 0 Å². The highest BCUT2D eigenvalue weighted by Gasteiger charge is 2.59. The summed E-state index contributed by atoms with van der Waals surface area (Å²) in [7, 11) is 0. The highest BCUT2D eigenvalue weighted by Crippen LogP contribution is 2.53. The van der Waals surface area contributed by atoms with Crippen LogP contribution in [0.1, 0.15) is 33.1 Å². The smallest absolute Gasteiger partial charge is 0.309 e. The Hall–Kier alpha value is -0.870. The van der Waals surface area contributed by atoms with Crippen LogP contribution >= 0.6 is 0 Å². The van der Waals surface area contributed by atoms with Gasteiger partial charge in [-0.15, -0.1) is 0 Å². The number of esters is 1. The second kappa shape index (κ2) is 4.06. The lowest BCUT2D eigenvalue weighted by Crippen LogP contribution is -2.39. The summed E-state index contributed by atoms with van der Waals surface area (Å²) in [5.41, 5.74) is 0.135. The van der Waals surface area contributed by atoms with Crippen LogP contribution in [0.25, 0.3) is 0 Å². The van der Waals surface area contributed by atoms with Crippen LogP contribution in [0.3, 0.4) is 0 Å². The molecule has 106 valence electrons. The zero-order chi connectivity index (χ0) is 13.9. The van der Waals surface area contributed by atoms with Crippen molar-refractivity contribution in [3.8, 4) is 0 Å². The molecule has 0 bridgehead atoms. The van der Waals surface area contributed by atoms with E-state index in [2.05, 4.69) is 6.58 Å². The molecule has 3 fully saturated rings. The van der Waals surface area contributed by atoms with Crippen molar-refractivity contribution < 1.29 is 19.7 Å². The maximum Gasteiger partial charge on any atom is 0.309 e.